The van der Waals surface area contributed by atoms with Gasteiger partial charge in [-0.15, -0.1) is 0 Å². The van der Waals surface area contributed by atoms with E-state index in [4.69, 9.17) is 0 Å². The van der Waals surface area contributed by atoms with Crippen molar-refractivity contribution in [3.8, 4) is 0 Å². The SMILES string of the molecule is CNc1c(C)nc[nH]c1=O. The van der Waals surface area contributed by atoms with Gasteiger partial charge in [0.1, 0.15) is 5.69 Å². The van der Waals surface area contributed by atoms with Crippen molar-refractivity contribution in [2.45, 2.75) is 6.92 Å². The molecule has 0 aliphatic carbocycles. The van der Waals surface area contributed by atoms with Crippen LogP contribution in [0.5, 0.6) is 0 Å². The van der Waals surface area contributed by atoms with E-state index in [1.54, 1.807) is 14.0 Å². The summed E-state index contributed by atoms with van der Waals surface area (Å²) in [6.07, 6.45) is 1.39. The molecule has 0 saturated heterocycles. The Morgan fingerprint density at radius 1 is 1.70 bits per heavy atom. The second kappa shape index (κ2) is 2.51. The number of H-pyrrole nitrogens is 1. The summed E-state index contributed by atoms with van der Waals surface area (Å²) < 4.78 is 0. The molecule has 4 nitrogen and oxygen atoms in total. The fourth-order valence-electron chi connectivity index (χ4n) is 0.783. The van der Waals surface area contributed by atoms with Gasteiger partial charge < -0.3 is 10.3 Å². The molecule has 1 rings (SSSR count). The molecule has 1 aromatic rings. The molecule has 0 aliphatic rings. The van der Waals surface area contributed by atoms with E-state index in [2.05, 4.69) is 15.3 Å². The van der Waals surface area contributed by atoms with Crippen molar-refractivity contribution in [2.75, 3.05) is 12.4 Å². The smallest absolute Gasteiger partial charge is 0.274 e. The maximum atomic E-state index is 10.9. The zero-order valence-corrected chi connectivity index (χ0v) is 5.93. The number of hydrogen-bond donors (Lipinski definition) is 2. The molecule has 4 heteroatoms. The molecule has 1 heterocycles. The number of aromatic nitrogens is 2. The minimum Gasteiger partial charge on any atom is -0.382 e. The molecular formula is C6H9N3O. The fourth-order valence-corrected chi connectivity index (χ4v) is 0.783. The van der Waals surface area contributed by atoms with Gasteiger partial charge in [-0.2, -0.15) is 0 Å². The van der Waals surface area contributed by atoms with Crippen LogP contribution in [-0.4, -0.2) is 17.0 Å². The summed E-state index contributed by atoms with van der Waals surface area (Å²) in [7, 11) is 1.69. The number of nitrogens with one attached hydrogen (secondary N) is 2. The predicted molar refractivity (Wildman–Crippen MR) is 39.1 cm³/mol. The standard InChI is InChI=1S/C6H9N3O/c1-4-5(7-2)6(10)9-3-8-4/h3,7H,1-2H3,(H,8,9,10). The zero-order valence-electron chi connectivity index (χ0n) is 5.93. The Labute approximate surface area is 58.3 Å². The van der Waals surface area contributed by atoms with Crippen LogP contribution in [0.1, 0.15) is 5.69 Å². The molecule has 0 bridgehead atoms. The molecule has 0 spiro atoms. The zero-order chi connectivity index (χ0) is 7.56. The van der Waals surface area contributed by atoms with E-state index >= 15 is 0 Å². The van der Waals surface area contributed by atoms with E-state index in [1.165, 1.54) is 6.33 Å². The number of hydrogen-bond acceptors (Lipinski definition) is 3. The first-order chi connectivity index (χ1) is 4.75. The van der Waals surface area contributed by atoms with Crippen LogP contribution < -0.4 is 10.9 Å². The van der Waals surface area contributed by atoms with E-state index in [-0.39, 0.29) is 5.56 Å². The summed E-state index contributed by atoms with van der Waals surface area (Å²) in [5.41, 5.74) is 1.11. The van der Waals surface area contributed by atoms with Gasteiger partial charge in [0.05, 0.1) is 12.0 Å². The van der Waals surface area contributed by atoms with E-state index < -0.39 is 0 Å². The topological polar surface area (TPSA) is 57.8 Å². The van der Waals surface area contributed by atoms with E-state index in [1.807, 2.05) is 0 Å². The van der Waals surface area contributed by atoms with Crippen LogP contribution >= 0.6 is 0 Å². The highest BCUT2D eigenvalue weighted by Gasteiger charge is 1.98. The van der Waals surface area contributed by atoms with Gasteiger partial charge in [-0.05, 0) is 6.92 Å². The molecule has 1 aromatic heterocycles. The summed E-state index contributed by atoms with van der Waals surface area (Å²) in [4.78, 5) is 17.3. The number of rotatable bonds is 1. The Kier molecular flexibility index (Phi) is 1.71. The van der Waals surface area contributed by atoms with E-state index in [9.17, 15) is 4.79 Å². The van der Waals surface area contributed by atoms with Crippen molar-refractivity contribution < 1.29 is 0 Å². The predicted octanol–water partition coefficient (Wildman–Crippen LogP) is 0.120. The molecule has 0 aromatic carbocycles. The number of aromatic amines is 1. The second-order valence-corrected chi connectivity index (χ2v) is 1.94. The number of aryl methyl sites for hydroxylation is 1. The maximum absolute atomic E-state index is 10.9. The highest BCUT2D eigenvalue weighted by Crippen LogP contribution is 1.99. The lowest BCUT2D eigenvalue weighted by Crippen LogP contribution is -2.13. The van der Waals surface area contributed by atoms with Crippen LogP contribution in [0.25, 0.3) is 0 Å². The highest BCUT2D eigenvalue weighted by molar-refractivity contribution is 5.43. The van der Waals surface area contributed by atoms with Crippen molar-refractivity contribution in [1.29, 1.82) is 0 Å². The van der Waals surface area contributed by atoms with Crippen LogP contribution in [0.15, 0.2) is 11.1 Å². The lowest BCUT2D eigenvalue weighted by Gasteiger charge is -1.99. The molecule has 54 valence electrons. The van der Waals surface area contributed by atoms with Gasteiger partial charge in [-0.25, -0.2) is 4.98 Å². The van der Waals surface area contributed by atoms with Crippen LogP contribution in [0.2, 0.25) is 0 Å². The van der Waals surface area contributed by atoms with Gasteiger partial charge in [0.2, 0.25) is 0 Å². The van der Waals surface area contributed by atoms with Gasteiger partial charge in [0.15, 0.2) is 0 Å². The molecule has 2 N–H and O–H groups in total. The Morgan fingerprint density at radius 2 is 2.40 bits per heavy atom. The number of anilines is 1. The van der Waals surface area contributed by atoms with Crippen molar-refractivity contribution in [3.05, 3.63) is 22.4 Å². The third-order valence-corrected chi connectivity index (χ3v) is 1.29. The van der Waals surface area contributed by atoms with Crippen molar-refractivity contribution in [1.82, 2.24) is 9.97 Å². The van der Waals surface area contributed by atoms with Crippen molar-refractivity contribution in [2.24, 2.45) is 0 Å². The Morgan fingerprint density at radius 3 is 2.80 bits per heavy atom. The lowest BCUT2D eigenvalue weighted by atomic mass is 10.4. The minimum atomic E-state index is -0.130. The third-order valence-electron chi connectivity index (χ3n) is 1.29. The van der Waals surface area contributed by atoms with Crippen LogP contribution in [0.3, 0.4) is 0 Å². The lowest BCUT2D eigenvalue weighted by molar-refractivity contribution is 1.06. The molecule has 0 fully saturated rings. The van der Waals surface area contributed by atoms with Crippen molar-refractivity contribution >= 4 is 5.69 Å². The van der Waals surface area contributed by atoms with Gasteiger partial charge in [0.25, 0.3) is 5.56 Å². The Bertz CT molecular complexity index is 279. The normalized spacial score (nSPS) is 9.40. The Balaban J connectivity index is 3.31. The molecule has 0 amide bonds. The quantitative estimate of drug-likeness (QED) is 0.581. The maximum Gasteiger partial charge on any atom is 0.274 e. The average molecular weight is 139 g/mol. The monoisotopic (exact) mass is 139 g/mol. The van der Waals surface area contributed by atoms with E-state index in [0.717, 1.165) is 0 Å². The van der Waals surface area contributed by atoms with Crippen molar-refractivity contribution in [3.63, 3.8) is 0 Å². The summed E-state index contributed by atoms with van der Waals surface area (Å²) in [5, 5.41) is 2.76. The second-order valence-electron chi connectivity index (χ2n) is 1.94. The van der Waals surface area contributed by atoms with E-state index in [0.29, 0.717) is 11.4 Å². The first-order valence-electron chi connectivity index (χ1n) is 2.97. The molecule has 10 heavy (non-hydrogen) atoms. The summed E-state index contributed by atoms with van der Waals surface area (Å²) in [5.74, 6) is 0. The molecule has 0 atom stereocenters. The van der Waals surface area contributed by atoms with Gasteiger partial charge in [-0.1, -0.05) is 0 Å². The highest BCUT2D eigenvalue weighted by atomic mass is 16.1. The van der Waals surface area contributed by atoms with Gasteiger partial charge in [-0.3, -0.25) is 4.79 Å². The summed E-state index contributed by atoms with van der Waals surface area (Å²) in [6.45, 7) is 1.78. The van der Waals surface area contributed by atoms with Gasteiger partial charge >= 0.3 is 0 Å². The molecule has 0 radical (unpaired) electrons. The summed E-state index contributed by atoms with van der Waals surface area (Å²) in [6, 6.07) is 0. The first-order valence-corrected chi connectivity index (χ1v) is 2.97. The van der Waals surface area contributed by atoms with Crippen LogP contribution in [0.4, 0.5) is 5.69 Å². The third kappa shape index (κ3) is 1.00. The molecule has 0 unspecified atom stereocenters. The van der Waals surface area contributed by atoms with Crippen LogP contribution in [0, 0.1) is 6.92 Å². The van der Waals surface area contributed by atoms with Gasteiger partial charge in [0, 0.05) is 7.05 Å². The molecule has 0 saturated carbocycles. The van der Waals surface area contributed by atoms with Crippen LogP contribution in [-0.2, 0) is 0 Å². The largest absolute Gasteiger partial charge is 0.382 e. The summed E-state index contributed by atoms with van der Waals surface area (Å²) >= 11 is 0. The fraction of sp³-hybridized carbons (Fsp3) is 0.333. The molecular weight excluding hydrogens is 130 g/mol. The molecule has 0 aliphatic heterocycles. The number of nitrogens with zero attached hydrogens (tertiary/aromatic N) is 1. The average Bonchev–Trinajstić information content (AvgIpc) is 1.88. The Hall–Kier alpha value is -1.32. The minimum absolute atomic E-state index is 0.130. The first kappa shape index (κ1) is 6.80.